The molecule has 1 saturated carbocycles. The average molecular weight is 290 g/mol. The summed E-state index contributed by atoms with van der Waals surface area (Å²) >= 11 is 0. The number of carboxylic acid groups (broad SMARTS) is 1. The summed E-state index contributed by atoms with van der Waals surface area (Å²) in [5.74, 6) is -0.587. The molecule has 21 heavy (non-hydrogen) atoms. The molecule has 0 atom stereocenters. The Morgan fingerprint density at radius 1 is 1.24 bits per heavy atom. The van der Waals surface area contributed by atoms with Crippen molar-refractivity contribution in [1.29, 1.82) is 0 Å². The summed E-state index contributed by atoms with van der Waals surface area (Å²) in [6.07, 6.45) is 7.51. The van der Waals surface area contributed by atoms with Crippen molar-refractivity contribution in [2.45, 2.75) is 44.9 Å². The summed E-state index contributed by atoms with van der Waals surface area (Å²) in [7, 11) is 0. The van der Waals surface area contributed by atoms with Crippen LogP contribution in [0.5, 0.6) is 0 Å². The first kappa shape index (κ1) is 15.4. The molecule has 5 nitrogen and oxygen atoms in total. The van der Waals surface area contributed by atoms with Crippen molar-refractivity contribution in [2.24, 2.45) is 5.92 Å². The third kappa shape index (κ3) is 4.48. The van der Waals surface area contributed by atoms with Gasteiger partial charge in [0, 0.05) is 12.1 Å². The van der Waals surface area contributed by atoms with E-state index >= 15 is 0 Å². The number of carbonyl (C=O) groups excluding carboxylic acids is 1. The van der Waals surface area contributed by atoms with Crippen molar-refractivity contribution in [3.8, 4) is 0 Å². The zero-order chi connectivity index (χ0) is 15.2. The number of aromatic carboxylic acids is 1. The zero-order valence-corrected chi connectivity index (χ0v) is 12.1. The Bertz CT molecular complexity index is 522. The zero-order valence-electron chi connectivity index (χ0n) is 12.1. The van der Waals surface area contributed by atoms with Gasteiger partial charge in [-0.1, -0.05) is 32.1 Å². The molecule has 0 heterocycles. The van der Waals surface area contributed by atoms with E-state index < -0.39 is 5.97 Å². The fraction of sp³-hybridized carbons (Fsp3) is 0.500. The van der Waals surface area contributed by atoms with Crippen LogP contribution in [0, 0.1) is 5.92 Å². The molecule has 1 aromatic rings. The molecule has 1 fully saturated rings. The molecule has 1 aliphatic carbocycles. The summed E-state index contributed by atoms with van der Waals surface area (Å²) in [6.45, 7) is 0. The van der Waals surface area contributed by atoms with Crippen LogP contribution in [0.15, 0.2) is 18.2 Å². The van der Waals surface area contributed by atoms with Gasteiger partial charge in [-0.05, 0) is 30.5 Å². The molecule has 0 radical (unpaired) electrons. The van der Waals surface area contributed by atoms with Crippen LogP contribution in [0.25, 0.3) is 0 Å². The van der Waals surface area contributed by atoms with Gasteiger partial charge in [0.1, 0.15) is 0 Å². The minimum absolute atomic E-state index is 0.0650. The molecular formula is C16H22N2O3. The fourth-order valence-corrected chi connectivity index (χ4v) is 2.88. The van der Waals surface area contributed by atoms with Crippen molar-refractivity contribution < 1.29 is 14.7 Å². The molecule has 0 unspecified atom stereocenters. The standard InChI is InChI=1S/C16H22N2O3/c17-12-7-8-13(16(20)21)14(10-12)18-15(19)9-6-11-4-2-1-3-5-11/h7-8,10-11H,1-6,9,17H2,(H,18,19)(H,20,21). The first-order chi connectivity index (χ1) is 10.1. The number of hydrogen-bond donors (Lipinski definition) is 3. The Balaban J connectivity index is 1.92. The monoisotopic (exact) mass is 290 g/mol. The molecule has 0 bridgehead atoms. The quantitative estimate of drug-likeness (QED) is 0.726. The van der Waals surface area contributed by atoms with Crippen molar-refractivity contribution in [1.82, 2.24) is 0 Å². The van der Waals surface area contributed by atoms with Crippen LogP contribution < -0.4 is 11.1 Å². The first-order valence-corrected chi connectivity index (χ1v) is 7.49. The van der Waals surface area contributed by atoms with E-state index in [9.17, 15) is 9.59 Å². The average Bonchev–Trinajstić information content (AvgIpc) is 2.46. The molecule has 1 aromatic carbocycles. The third-order valence-electron chi connectivity index (χ3n) is 4.05. The van der Waals surface area contributed by atoms with Crippen molar-refractivity contribution >= 4 is 23.3 Å². The lowest BCUT2D eigenvalue weighted by atomic mass is 9.86. The van der Waals surface area contributed by atoms with E-state index in [0.29, 0.717) is 18.0 Å². The summed E-state index contributed by atoms with van der Waals surface area (Å²) in [6, 6.07) is 4.41. The maximum atomic E-state index is 12.0. The van der Waals surface area contributed by atoms with Crippen LogP contribution in [0.1, 0.15) is 55.3 Å². The number of anilines is 2. The van der Waals surface area contributed by atoms with E-state index in [1.807, 2.05) is 0 Å². The Kier molecular flexibility index (Phi) is 5.20. The maximum Gasteiger partial charge on any atom is 0.337 e. The molecule has 1 aliphatic rings. The highest BCUT2D eigenvalue weighted by molar-refractivity contribution is 6.01. The smallest absolute Gasteiger partial charge is 0.337 e. The lowest BCUT2D eigenvalue weighted by Crippen LogP contribution is -2.17. The second-order valence-corrected chi connectivity index (χ2v) is 5.70. The highest BCUT2D eigenvalue weighted by atomic mass is 16.4. The van der Waals surface area contributed by atoms with Gasteiger partial charge >= 0.3 is 5.97 Å². The van der Waals surface area contributed by atoms with Gasteiger partial charge in [0.15, 0.2) is 0 Å². The van der Waals surface area contributed by atoms with Crippen LogP contribution in [0.3, 0.4) is 0 Å². The van der Waals surface area contributed by atoms with Crippen LogP contribution in [-0.2, 0) is 4.79 Å². The number of hydrogen-bond acceptors (Lipinski definition) is 3. The van der Waals surface area contributed by atoms with E-state index in [-0.39, 0.29) is 17.2 Å². The lowest BCUT2D eigenvalue weighted by Gasteiger charge is -2.21. The number of carbonyl (C=O) groups is 2. The number of nitrogens with two attached hydrogens (primary N) is 1. The third-order valence-corrected chi connectivity index (χ3v) is 4.05. The van der Waals surface area contributed by atoms with Crippen molar-refractivity contribution in [3.63, 3.8) is 0 Å². The molecule has 0 spiro atoms. The van der Waals surface area contributed by atoms with Gasteiger partial charge in [0.25, 0.3) is 0 Å². The molecule has 1 amide bonds. The van der Waals surface area contributed by atoms with Gasteiger partial charge in [0.05, 0.1) is 11.3 Å². The minimum atomic E-state index is -1.07. The summed E-state index contributed by atoms with van der Waals surface area (Å²) in [5.41, 5.74) is 6.42. The predicted molar refractivity (Wildman–Crippen MR) is 82.3 cm³/mol. The van der Waals surface area contributed by atoms with Gasteiger partial charge < -0.3 is 16.2 Å². The van der Waals surface area contributed by atoms with E-state index in [1.54, 1.807) is 0 Å². The van der Waals surface area contributed by atoms with Crippen LogP contribution in [0.4, 0.5) is 11.4 Å². The summed E-state index contributed by atoms with van der Waals surface area (Å²) < 4.78 is 0. The van der Waals surface area contributed by atoms with Gasteiger partial charge in [-0.2, -0.15) is 0 Å². The van der Waals surface area contributed by atoms with Gasteiger partial charge in [-0.25, -0.2) is 4.79 Å². The van der Waals surface area contributed by atoms with Crippen LogP contribution in [-0.4, -0.2) is 17.0 Å². The number of benzene rings is 1. The number of nitrogen functional groups attached to an aromatic ring is 1. The van der Waals surface area contributed by atoms with Gasteiger partial charge in [-0.15, -0.1) is 0 Å². The Morgan fingerprint density at radius 2 is 1.95 bits per heavy atom. The minimum Gasteiger partial charge on any atom is -0.478 e. The number of nitrogens with one attached hydrogen (secondary N) is 1. The number of rotatable bonds is 5. The Morgan fingerprint density at radius 3 is 2.62 bits per heavy atom. The lowest BCUT2D eigenvalue weighted by molar-refractivity contribution is -0.116. The van der Waals surface area contributed by atoms with Crippen molar-refractivity contribution in [3.05, 3.63) is 23.8 Å². The van der Waals surface area contributed by atoms with Gasteiger partial charge in [-0.3, -0.25) is 4.79 Å². The van der Waals surface area contributed by atoms with Crippen LogP contribution in [0.2, 0.25) is 0 Å². The Hall–Kier alpha value is -2.04. The SMILES string of the molecule is Nc1ccc(C(=O)O)c(NC(=O)CCC2CCCCC2)c1. The van der Waals surface area contributed by atoms with E-state index in [4.69, 9.17) is 10.8 Å². The van der Waals surface area contributed by atoms with E-state index in [1.165, 1.54) is 50.3 Å². The van der Waals surface area contributed by atoms with Crippen molar-refractivity contribution in [2.75, 3.05) is 11.1 Å². The predicted octanol–water partition coefficient (Wildman–Crippen LogP) is 3.27. The Labute approximate surface area is 124 Å². The van der Waals surface area contributed by atoms with Gasteiger partial charge in [0.2, 0.25) is 5.91 Å². The van der Waals surface area contributed by atoms with Crippen LogP contribution >= 0.6 is 0 Å². The highest BCUT2D eigenvalue weighted by Crippen LogP contribution is 2.27. The molecule has 0 saturated heterocycles. The molecule has 0 aromatic heterocycles. The molecule has 2 rings (SSSR count). The first-order valence-electron chi connectivity index (χ1n) is 7.49. The largest absolute Gasteiger partial charge is 0.478 e. The second kappa shape index (κ2) is 7.11. The molecular weight excluding hydrogens is 268 g/mol. The normalized spacial score (nSPS) is 15.6. The van der Waals surface area contributed by atoms with E-state index in [0.717, 1.165) is 6.42 Å². The fourth-order valence-electron chi connectivity index (χ4n) is 2.88. The molecule has 0 aliphatic heterocycles. The summed E-state index contributed by atoms with van der Waals surface area (Å²) in [5, 5.41) is 11.8. The molecule has 5 heteroatoms. The number of carboxylic acids is 1. The number of amides is 1. The molecule has 4 N–H and O–H groups in total. The van der Waals surface area contributed by atoms with E-state index in [2.05, 4.69) is 5.32 Å². The molecule has 114 valence electrons. The summed E-state index contributed by atoms with van der Waals surface area (Å²) in [4.78, 5) is 23.1. The second-order valence-electron chi connectivity index (χ2n) is 5.70. The maximum absolute atomic E-state index is 12.0. The topological polar surface area (TPSA) is 92.4 Å². The highest BCUT2D eigenvalue weighted by Gasteiger charge is 2.16.